The van der Waals surface area contributed by atoms with Gasteiger partial charge in [0.15, 0.2) is 0 Å². The highest BCUT2D eigenvalue weighted by atomic mass is 16.3. The Balaban J connectivity index is 2.01. The maximum absolute atomic E-state index is 9.52. The molecule has 3 aromatic rings. The van der Waals surface area contributed by atoms with Crippen LogP contribution in [0, 0.1) is 5.92 Å². The Morgan fingerprint density at radius 1 is 1.26 bits per heavy atom. The van der Waals surface area contributed by atoms with Crippen LogP contribution in [0.2, 0.25) is 0 Å². The first-order valence-electron chi connectivity index (χ1n) is 7.65. The van der Waals surface area contributed by atoms with Crippen molar-refractivity contribution >= 4 is 22.5 Å². The van der Waals surface area contributed by atoms with E-state index in [-0.39, 0.29) is 18.6 Å². The number of H-pyrrole nitrogens is 1. The fourth-order valence-corrected chi connectivity index (χ4v) is 2.52. The third kappa shape index (κ3) is 3.12. The number of nitrogens with zero attached hydrogens (tertiary/aromatic N) is 2. The van der Waals surface area contributed by atoms with Gasteiger partial charge in [-0.1, -0.05) is 26.0 Å². The molecule has 0 aliphatic rings. The smallest absolute Gasteiger partial charge is 0.143 e. The van der Waals surface area contributed by atoms with E-state index in [0.29, 0.717) is 11.5 Å². The van der Waals surface area contributed by atoms with Crippen LogP contribution in [-0.4, -0.2) is 32.7 Å². The largest absolute Gasteiger partial charge is 0.399 e. The summed E-state index contributed by atoms with van der Waals surface area (Å²) in [5, 5.41) is 13.7. The number of nitrogen functional groups attached to an aromatic ring is 1. The number of nitrogens with one attached hydrogen (secondary N) is 2. The standard InChI is InChI=1S/C17H21N5O/c1-10(2)15(8-23)22-17-13-7-14(21-16(13)19-9-20-17)11-4-3-5-12(18)6-11/h3-7,9-10,15,23H,8,18H2,1-2H3,(H2,19,20,21,22). The number of aromatic nitrogens is 3. The number of hydrogen-bond donors (Lipinski definition) is 4. The summed E-state index contributed by atoms with van der Waals surface area (Å²) in [5.74, 6) is 1.01. The topological polar surface area (TPSA) is 99.8 Å². The highest BCUT2D eigenvalue weighted by molar-refractivity contribution is 5.91. The quantitative estimate of drug-likeness (QED) is 0.543. The maximum Gasteiger partial charge on any atom is 0.143 e. The van der Waals surface area contributed by atoms with Crippen LogP contribution in [0.4, 0.5) is 11.5 Å². The lowest BCUT2D eigenvalue weighted by atomic mass is 10.1. The highest BCUT2D eigenvalue weighted by Gasteiger charge is 2.15. The average molecular weight is 311 g/mol. The number of aliphatic hydroxyl groups is 1. The first-order valence-corrected chi connectivity index (χ1v) is 7.65. The molecular weight excluding hydrogens is 290 g/mol. The fraction of sp³-hybridized carbons (Fsp3) is 0.294. The predicted molar refractivity (Wildman–Crippen MR) is 93.1 cm³/mol. The van der Waals surface area contributed by atoms with Gasteiger partial charge in [-0.25, -0.2) is 9.97 Å². The van der Waals surface area contributed by atoms with Gasteiger partial charge in [-0.2, -0.15) is 0 Å². The average Bonchev–Trinajstić information content (AvgIpc) is 2.97. The van der Waals surface area contributed by atoms with Crippen molar-refractivity contribution < 1.29 is 5.11 Å². The van der Waals surface area contributed by atoms with Crippen molar-refractivity contribution in [2.75, 3.05) is 17.7 Å². The number of hydrogen-bond acceptors (Lipinski definition) is 5. The first-order chi connectivity index (χ1) is 11.1. The number of benzene rings is 1. The van der Waals surface area contributed by atoms with Crippen molar-refractivity contribution in [2.45, 2.75) is 19.9 Å². The van der Waals surface area contributed by atoms with Crippen LogP contribution in [0.1, 0.15) is 13.8 Å². The lowest BCUT2D eigenvalue weighted by Gasteiger charge is -2.20. The third-order valence-electron chi connectivity index (χ3n) is 3.95. The van der Waals surface area contributed by atoms with Crippen molar-refractivity contribution in [2.24, 2.45) is 5.92 Å². The van der Waals surface area contributed by atoms with Crippen molar-refractivity contribution in [1.82, 2.24) is 15.0 Å². The molecule has 1 unspecified atom stereocenters. The van der Waals surface area contributed by atoms with Crippen LogP contribution >= 0.6 is 0 Å². The van der Waals surface area contributed by atoms with E-state index in [2.05, 4.69) is 34.1 Å². The lowest BCUT2D eigenvalue weighted by Crippen LogP contribution is -2.29. The molecule has 0 radical (unpaired) electrons. The molecule has 0 aliphatic heterocycles. The number of aliphatic hydroxyl groups excluding tert-OH is 1. The van der Waals surface area contributed by atoms with Gasteiger partial charge >= 0.3 is 0 Å². The molecule has 2 aromatic heterocycles. The van der Waals surface area contributed by atoms with Crippen LogP contribution in [0.25, 0.3) is 22.3 Å². The number of aromatic amines is 1. The number of rotatable bonds is 5. The summed E-state index contributed by atoms with van der Waals surface area (Å²) in [6.07, 6.45) is 1.51. The molecule has 0 spiro atoms. The molecule has 1 aromatic carbocycles. The number of anilines is 2. The Bertz CT molecular complexity index is 812. The molecule has 6 heteroatoms. The maximum atomic E-state index is 9.52. The van der Waals surface area contributed by atoms with Crippen LogP contribution in [0.3, 0.4) is 0 Å². The molecule has 0 aliphatic carbocycles. The van der Waals surface area contributed by atoms with E-state index >= 15 is 0 Å². The van der Waals surface area contributed by atoms with E-state index in [4.69, 9.17) is 5.73 Å². The zero-order valence-corrected chi connectivity index (χ0v) is 13.2. The number of nitrogens with two attached hydrogens (primary N) is 1. The molecule has 0 fully saturated rings. The molecular formula is C17H21N5O. The van der Waals surface area contributed by atoms with Gasteiger partial charge in [-0.3, -0.25) is 0 Å². The van der Waals surface area contributed by atoms with Crippen molar-refractivity contribution in [3.8, 4) is 11.3 Å². The molecule has 120 valence electrons. The van der Waals surface area contributed by atoms with Gasteiger partial charge in [0.05, 0.1) is 18.0 Å². The summed E-state index contributed by atoms with van der Waals surface area (Å²) in [5.41, 5.74) is 9.25. The van der Waals surface area contributed by atoms with Crippen LogP contribution < -0.4 is 11.1 Å². The van der Waals surface area contributed by atoms with Gasteiger partial charge in [0, 0.05) is 16.9 Å². The zero-order chi connectivity index (χ0) is 16.4. The number of fused-ring (bicyclic) bond motifs is 1. The minimum atomic E-state index is -0.0566. The summed E-state index contributed by atoms with van der Waals surface area (Å²) in [6.45, 7) is 4.17. The first kappa shape index (κ1) is 15.3. The Hall–Kier alpha value is -2.60. The molecule has 6 nitrogen and oxygen atoms in total. The monoisotopic (exact) mass is 311 g/mol. The Morgan fingerprint density at radius 2 is 2.09 bits per heavy atom. The van der Waals surface area contributed by atoms with Crippen LogP contribution in [0.15, 0.2) is 36.7 Å². The molecule has 1 atom stereocenters. The van der Waals surface area contributed by atoms with Crippen molar-refractivity contribution in [3.05, 3.63) is 36.7 Å². The second-order valence-corrected chi connectivity index (χ2v) is 5.97. The summed E-state index contributed by atoms with van der Waals surface area (Å²) < 4.78 is 0. The molecule has 0 saturated heterocycles. The van der Waals surface area contributed by atoms with Gasteiger partial charge in [0.25, 0.3) is 0 Å². The van der Waals surface area contributed by atoms with E-state index in [0.717, 1.165) is 22.3 Å². The Kier molecular flexibility index (Phi) is 4.16. The van der Waals surface area contributed by atoms with Crippen LogP contribution in [-0.2, 0) is 0 Å². The predicted octanol–water partition coefficient (Wildman–Crippen LogP) is 2.64. The summed E-state index contributed by atoms with van der Waals surface area (Å²) in [7, 11) is 0. The van der Waals surface area contributed by atoms with E-state index in [1.165, 1.54) is 6.33 Å². The van der Waals surface area contributed by atoms with E-state index in [1.807, 2.05) is 30.3 Å². The molecule has 5 N–H and O–H groups in total. The molecule has 0 bridgehead atoms. The second-order valence-electron chi connectivity index (χ2n) is 5.97. The van der Waals surface area contributed by atoms with Gasteiger partial charge in [-0.05, 0) is 24.1 Å². The van der Waals surface area contributed by atoms with Gasteiger partial charge in [-0.15, -0.1) is 0 Å². The second kappa shape index (κ2) is 6.26. The van der Waals surface area contributed by atoms with Gasteiger partial charge in [0.1, 0.15) is 17.8 Å². The summed E-state index contributed by atoms with van der Waals surface area (Å²) in [4.78, 5) is 11.9. The molecule has 23 heavy (non-hydrogen) atoms. The van der Waals surface area contributed by atoms with Crippen molar-refractivity contribution in [1.29, 1.82) is 0 Å². The summed E-state index contributed by atoms with van der Waals surface area (Å²) in [6, 6.07) is 9.62. The fourth-order valence-electron chi connectivity index (χ4n) is 2.52. The highest BCUT2D eigenvalue weighted by Crippen LogP contribution is 2.28. The Morgan fingerprint density at radius 3 is 2.78 bits per heavy atom. The van der Waals surface area contributed by atoms with Gasteiger partial charge < -0.3 is 21.1 Å². The zero-order valence-electron chi connectivity index (χ0n) is 13.2. The molecule has 0 amide bonds. The minimum Gasteiger partial charge on any atom is -0.399 e. The Labute approximate surface area is 134 Å². The van der Waals surface area contributed by atoms with Crippen LogP contribution in [0.5, 0.6) is 0 Å². The van der Waals surface area contributed by atoms with Gasteiger partial charge in [0.2, 0.25) is 0 Å². The van der Waals surface area contributed by atoms with E-state index in [9.17, 15) is 5.11 Å². The molecule has 3 rings (SSSR count). The lowest BCUT2D eigenvalue weighted by molar-refractivity contribution is 0.249. The normalized spacial score (nSPS) is 12.7. The van der Waals surface area contributed by atoms with E-state index < -0.39 is 0 Å². The SMILES string of the molecule is CC(C)C(CO)Nc1ncnc2[nH]c(-c3cccc(N)c3)cc12. The third-order valence-corrected chi connectivity index (χ3v) is 3.95. The molecule has 0 saturated carbocycles. The van der Waals surface area contributed by atoms with E-state index in [1.54, 1.807) is 0 Å². The summed E-state index contributed by atoms with van der Waals surface area (Å²) >= 11 is 0. The minimum absolute atomic E-state index is 0.0513. The molecule has 2 heterocycles. The van der Waals surface area contributed by atoms with Crippen molar-refractivity contribution in [3.63, 3.8) is 0 Å².